The Bertz CT molecular complexity index is 838. The number of hydrogen-bond acceptors (Lipinski definition) is 5. The van der Waals surface area contributed by atoms with Crippen LogP contribution in [-0.2, 0) is 0 Å². The lowest BCUT2D eigenvalue weighted by atomic mass is 9.92. The Kier molecular flexibility index (Phi) is 5.18. The summed E-state index contributed by atoms with van der Waals surface area (Å²) >= 11 is 0. The molecule has 3 N–H and O–H groups in total. The Morgan fingerprint density at radius 1 is 1.14 bits per heavy atom. The Balaban J connectivity index is 1.44. The van der Waals surface area contributed by atoms with Crippen LogP contribution in [0.15, 0.2) is 18.5 Å². The van der Waals surface area contributed by atoms with E-state index in [1.165, 1.54) is 10.7 Å². The third kappa shape index (κ3) is 4.24. The van der Waals surface area contributed by atoms with Crippen LogP contribution in [0.1, 0.15) is 61.7 Å². The van der Waals surface area contributed by atoms with E-state index in [2.05, 4.69) is 20.7 Å². The molecule has 0 atom stereocenters. The number of rotatable bonds is 4. The van der Waals surface area contributed by atoms with Crippen molar-refractivity contribution < 1.29 is 18.7 Å². The second kappa shape index (κ2) is 7.62. The number of nitrogens with one attached hydrogen (secondary N) is 2. The zero-order valence-electron chi connectivity index (χ0n) is 15.6. The number of halogens is 2. The van der Waals surface area contributed by atoms with Crippen LogP contribution in [0, 0.1) is 0 Å². The number of amides is 1. The van der Waals surface area contributed by atoms with Crippen molar-refractivity contribution in [3.63, 3.8) is 0 Å². The zero-order valence-corrected chi connectivity index (χ0v) is 15.6. The second-order valence-electron chi connectivity index (χ2n) is 7.89. The third-order valence-electron chi connectivity index (χ3n) is 5.71. The van der Waals surface area contributed by atoms with Gasteiger partial charge in [-0.1, -0.05) is 0 Å². The van der Waals surface area contributed by atoms with Gasteiger partial charge in [-0.3, -0.25) is 4.79 Å². The van der Waals surface area contributed by atoms with Gasteiger partial charge in [-0.15, -0.1) is 0 Å². The summed E-state index contributed by atoms with van der Waals surface area (Å²) in [6.45, 7) is 0. The van der Waals surface area contributed by atoms with Gasteiger partial charge >= 0.3 is 0 Å². The summed E-state index contributed by atoms with van der Waals surface area (Å²) in [5.41, 5.74) is 0.763. The van der Waals surface area contributed by atoms with Crippen molar-refractivity contribution in [2.45, 2.75) is 75.5 Å². The largest absolute Gasteiger partial charge is 0.393 e. The summed E-state index contributed by atoms with van der Waals surface area (Å²) in [6, 6.07) is 1.79. The number of alkyl halides is 2. The molecule has 0 spiro atoms. The van der Waals surface area contributed by atoms with Crippen molar-refractivity contribution in [2.24, 2.45) is 0 Å². The minimum Gasteiger partial charge on any atom is -0.393 e. The van der Waals surface area contributed by atoms with E-state index in [9.17, 15) is 18.7 Å². The minimum absolute atomic E-state index is 0.199. The van der Waals surface area contributed by atoms with Crippen LogP contribution >= 0.6 is 0 Å². The summed E-state index contributed by atoms with van der Waals surface area (Å²) in [5.74, 6) is -2.31. The summed E-state index contributed by atoms with van der Waals surface area (Å²) in [7, 11) is 0. The molecular weight excluding hydrogens is 368 g/mol. The molecule has 28 heavy (non-hydrogen) atoms. The van der Waals surface area contributed by atoms with Gasteiger partial charge in [-0.25, -0.2) is 18.3 Å². The van der Waals surface area contributed by atoms with Crippen LogP contribution in [0.25, 0.3) is 5.65 Å². The first kappa shape index (κ1) is 19.0. The van der Waals surface area contributed by atoms with Gasteiger partial charge < -0.3 is 15.7 Å². The highest BCUT2D eigenvalue weighted by molar-refractivity contribution is 5.99. The normalized spacial score (nSPS) is 25.5. The van der Waals surface area contributed by atoms with Gasteiger partial charge in [0.05, 0.1) is 12.3 Å². The lowest BCUT2D eigenvalue weighted by Gasteiger charge is -2.28. The number of fused-ring (bicyclic) bond motifs is 1. The number of carbonyl (C=O) groups excluding carboxylic acids is 1. The molecule has 2 saturated carbocycles. The molecule has 2 aliphatic rings. The third-order valence-corrected chi connectivity index (χ3v) is 5.71. The number of carbonyl (C=O) groups is 1. The molecule has 0 unspecified atom stereocenters. The van der Waals surface area contributed by atoms with E-state index in [0.29, 0.717) is 17.0 Å². The van der Waals surface area contributed by atoms with E-state index < -0.39 is 5.92 Å². The van der Waals surface area contributed by atoms with Crippen LogP contribution in [0.5, 0.6) is 0 Å². The summed E-state index contributed by atoms with van der Waals surface area (Å²) in [6.07, 6.45) is 6.37. The first-order valence-corrected chi connectivity index (χ1v) is 9.87. The number of anilines is 1. The Labute approximate surface area is 161 Å². The minimum atomic E-state index is -2.62. The molecule has 0 aromatic carbocycles. The fourth-order valence-corrected chi connectivity index (χ4v) is 3.99. The smallest absolute Gasteiger partial charge is 0.256 e. The van der Waals surface area contributed by atoms with Crippen molar-refractivity contribution in [3.05, 3.63) is 24.0 Å². The van der Waals surface area contributed by atoms with E-state index in [1.54, 1.807) is 12.3 Å². The highest BCUT2D eigenvalue weighted by Gasteiger charge is 2.35. The number of aliphatic hydroxyl groups is 1. The lowest BCUT2D eigenvalue weighted by molar-refractivity contribution is -0.0399. The van der Waals surface area contributed by atoms with E-state index in [4.69, 9.17) is 0 Å². The molecule has 2 aromatic rings. The van der Waals surface area contributed by atoms with Gasteiger partial charge in [0, 0.05) is 31.1 Å². The van der Waals surface area contributed by atoms with Gasteiger partial charge in [-0.2, -0.15) is 5.10 Å². The summed E-state index contributed by atoms with van der Waals surface area (Å²) in [5, 5.41) is 20.0. The average Bonchev–Trinajstić information content (AvgIpc) is 3.09. The Morgan fingerprint density at radius 3 is 2.57 bits per heavy atom. The van der Waals surface area contributed by atoms with E-state index in [0.717, 1.165) is 25.7 Å². The predicted octanol–water partition coefficient (Wildman–Crippen LogP) is 2.75. The van der Waals surface area contributed by atoms with Crippen molar-refractivity contribution in [3.8, 4) is 0 Å². The molecule has 0 radical (unpaired) electrons. The SMILES string of the molecule is O=C(NC1CCC(F)(F)CC1)c1cnn2ccc(NC3CCC(O)CC3)nc12. The van der Waals surface area contributed by atoms with Crippen LogP contribution < -0.4 is 10.6 Å². The van der Waals surface area contributed by atoms with Gasteiger partial charge in [0.2, 0.25) is 5.92 Å². The van der Waals surface area contributed by atoms with Crippen molar-refractivity contribution in [2.75, 3.05) is 5.32 Å². The van der Waals surface area contributed by atoms with E-state index >= 15 is 0 Å². The molecule has 152 valence electrons. The summed E-state index contributed by atoms with van der Waals surface area (Å²) in [4.78, 5) is 17.2. The van der Waals surface area contributed by atoms with Gasteiger partial charge in [0.15, 0.2) is 5.65 Å². The maximum atomic E-state index is 13.3. The molecule has 1 amide bonds. The van der Waals surface area contributed by atoms with E-state index in [-0.39, 0.29) is 49.8 Å². The van der Waals surface area contributed by atoms with E-state index in [1.807, 2.05) is 0 Å². The molecule has 0 bridgehead atoms. The quantitative estimate of drug-likeness (QED) is 0.743. The van der Waals surface area contributed by atoms with Crippen LogP contribution in [0.4, 0.5) is 14.6 Å². The number of aromatic nitrogens is 3. The predicted molar refractivity (Wildman–Crippen MR) is 99.5 cm³/mol. The zero-order chi connectivity index (χ0) is 19.7. The molecule has 9 heteroatoms. The molecule has 4 rings (SSSR count). The highest BCUT2D eigenvalue weighted by Crippen LogP contribution is 2.33. The fraction of sp³-hybridized carbons (Fsp3) is 0.632. The second-order valence-corrected chi connectivity index (χ2v) is 7.89. The topological polar surface area (TPSA) is 91.6 Å². The number of nitrogens with zero attached hydrogens (tertiary/aromatic N) is 3. The molecule has 2 aliphatic carbocycles. The van der Waals surface area contributed by atoms with Crippen LogP contribution in [-0.4, -0.2) is 49.7 Å². The molecule has 2 aromatic heterocycles. The Hall–Kier alpha value is -2.29. The highest BCUT2D eigenvalue weighted by atomic mass is 19.3. The molecule has 0 saturated heterocycles. The first-order valence-electron chi connectivity index (χ1n) is 9.87. The monoisotopic (exact) mass is 393 g/mol. The lowest BCUT2D eigenvalue weighted by Crippen LogP contribution is -2.40. The van der Waals surface area contributed by atoms with Crippen molar-refractivity contribution in [1.29, 1.82) is 0 Å². The van der Waals surface area contributed by atoms with Gasteiger partial charge in [-0.05, 0) is 44.6 Å². The first-order chi connectivity index (χ1) is 13.4. The van der Waals surface area contributed by atoms with Crippen molar-refractivity contribution >= 4 is 17.4 Å². The fourth-order valence-electron chi connectivity index (χ4n) is 3.99. The van der Waals surface area contributed by atoms with Crippen molar-refractivity contribution in [1.82, 2.24) is 19.9 Å². The van der Waals surface area contributed by atoms with Crippen LogP contribution in [0.2, 0.25) is 0 Å². The maximum Gasteiger partial charge on any atom is 0.256 e. The summed E-state index contributed by atoms with van der Waals surface area (Å²) < 4.78 is 28.1. The van der Waals surface area contributed by atoms with Gasteiger partial charge in [0.1, 0.15) is 11.4 Å². The average molecular weight is 393 g/mol. The van der Waals surface area contributed by atoms with Crippen LogP contribution in [0.3, 0.4) is 0 Å². The molecule has 2 heterocycles. The Morgan fingerprint density at radius 2 is 1.86 bits per heavy atom. The molecule has 7 nitrogen and oxygen atoms in total. The molecular formula is C19H25F2N5O2. The number of hydrogen-bond donors (Lipinski definition) is 3. The van der Waals surface area contributed by atoms with Gasteiger partial charge in [0.25, 0.3) is 5.91 Å². The maximum absolute atomic E-state index is 13.3. The standard InChI is InChI=1S/C19H25F2N5O2/c20-19(21)8-5-13(6-9-19)24-18(28)15-11-22-26-10-7-16(25-17(15)26)23-12-1-3-14(27)4-2-12/h7,10-14,27H,1-6,8-9H2,(H,23,25)(H,24,28). The molecule has 2 fully saturated rings. The molecule has 0 aliphatic heterocycles. The number of aliphatic hydroxyl groups excluding tert-OH is 1.